The number of nitrogens with one attached hydrogen (secondary N) is 1. The Morgan fingerprint density at radius 2 is 1.78 bits per heavy atom. The van der Waals surface area contributed by atoms with E-state index in [0.29, 0.717) is 17.7 Å². The lowest BCUT2D eigenvalue weighted by atomic mass is 10.1. The van der Waals surface area contributed by atoms with Crippen molar-refractivity contribution in [3.05, 3.63) is 53.1 Å². The number of Topliss-reactive ketones (excluding diaryl/α,β-unsaturated/α-hetero) is 1. The van der Waals surface area contributed by atoms with Crippen molar-refractivity contribution in [2.24, 2.45) is 0 Å². The van der Waals surface area contributed by atoms with E-state index in [0.717, 1.165) is 28.9 Å². The number of anilines is 2. The Morgan fingerprint density at radius 1 is 1.04 bits per heavy atom. The normalized spacial score (nSPS) is 12.7. The number of aryl methyl sites for hydroxylation is 1. The lowest BCUT2D eigenvalue weighted by molar-refractivity contribution is 0.0597. The van der Waals surface area contributed by atoms with Gasteiger partial charge in [0.2, 0.25) is 0 Å². The molecule has 23 heavy (non-hydrogen) atoms. The van der Waals surface area contributed by atoms with Crippen molar-refractivity contribution in [1.82, 2.24) is 0 Å². The third kappa shape index (κ3) is 2.90. The van der Waals surface area contributed by atoms with Gasteiger partial charge in [0.25, 0.3) is 0 Å². The first-order valence-corrected chi connectivity index (χ1v) is 7.32. The number of benzene rings is 2. The molecule has 0 aromatic heterocycles. The fraction of sp³-hybridized carbons (Fsp3) is 0.222. The summed E-state index contributed by atoms with van der Waals surface area (Å²) < 4.78 is 9.97. The van der Waals surface area contributed by atoms with E-state index < -0.39 is 5.97 Å². The highest BCUT2D eigenvalue weighted by Gasteiger charge is 2.19. The number of carbonyl (C=O) groups is 2. The molecule has 0 amide bonds. The second-order valence-corrected chi connectivity index (χ2v) is 5.33. The summed E-state index contributed by atoms with van der Waals surface area (Å²) in [4.78, 5) is 23.5. The molecule has 1 aliphatic carbocycles. The van der Waals surface area contributed by atoms with Crippen molar-refractivity contribution in [1.29, 1.82) is 0 Å². The van der Waals surface area contributed by atoms with Crippen LogP contribution >= 0.6 is 0 Å². The highest BCUT2D eigenvalue weighted by Crippen LogP contribution is 2.29. The van der Waals surface area contributed by atoms with Crippen molar-refractivity contribution < 1.29 is 19.1 Å². The van der Waals surface area contributed by atoms with Crippen LogP contribution in [0.25, 0.3) is 0 Å². The van der Waals surface area contributed by atoms with Crippen LogP contribution in [0, 0.1) is 0 Å². The number of fused-ring (bicyclic) bond motifs is 1. The van der Waals surface area contributed by atoms with Crippen LogP contribution < -0.4 is 10.1 Å². The zero-order valence-electron chi connectivity index (χ0n) is 13.0. The smallest absolute Gasteiger partial charge is 0.341 e. The number of rotatable bonds is 4. The molecule has 1 N–H and O–H groups in total. The van der Waals surface area contributed by atoms with Crippen LogP contribution in [0.3, 0.4) is 0 Å². The molecule has 0 atom stereocenters. The van der Waals surface area contributed by atoms with Crippen molar-refractivity contribution >= 4 is 23.1 Å². The van der Waals surface area contributed by atoms with Crippen molar-refractivity contribution in [3.8, 4) is 5.75 Å². The molecule has 2 aromatic rings. The molecular formula is C18H17NO4. The van der Waals surface area contributed by atoms with Gasteiger partial charge >= 0.3 is 5.97 Å². The van der Waals surface area contributed by atoms with Gasteiger partial charge in [-0.25, -0.2) is 4.79 Å². The first-order valence-electron chi connectivity index (χ1n) is 7.32. The minimum absolute atomic E-state index is 0.183. The Kier molecular flexibility index (Phi) is 4.02. The van der Waals surface area contributed by atoms with E-state index in [1.807, 2.05) is 18.2 Å². The maximum Gasteiger partial charge on any atom is 0.341 e. The molecule has 0 fully saturated rings. The zero-order chi connectivity index (χ0) is 16.4. The van der Waals surface area contributed by atoms with Gasteiger partial charge in [-0.3, -0.25) is 4.79 Å². The number of esters is 1. The number of hydrogen-bond acceptors (Lipinski definition) is 5. The molecule has 5 heteroatoms. The van der Waals surface area contributed by atoms with Gasteiger partial charge in [0.05, 0.1) is 14.2 Å². The molecule has 2 aromatic carbocycles. The van der Waals surface area contributed by atoms with Crippen LogP contribution in [0.15, 0.2) is 36.4 Å². The summed E-state index contributed by atoms with van der Waals surface area (Å²) in [5.41, 5.74) is 3.84. The van der Waals surface area contributed by atoms with Gasteiger partial charge in [-0.05, 0) is 36.2 Å². The monoisotopic (exact) mass is 311 g/mol. The molecule has 0 heterocycles. The molecule has 0 spiro atoms. The second kappa shape index (κ2) is 6.12. The van der Waals surface area contributed by atoms with Crippen LogP contribution in [0.5, 0.6) is 5.75 Å². The van der Waals surface area contributed by atoms with Crippen LogP contribution in [-0.2, 0) is 11.2 Å². The number of carbonyl (C=O) groups excluding carboxylic acids is 2. The molecule has 0 unspecified atom stereocenters. The Bertz CT molecular complexity index is 783. The second-order valence-electron chi connectivity index (χ2n) is 5.33. The van der Waals surface area contributed by atoms with E-state index >= 15 is 0 Å². The molecule has 1 aliphatic rings. The molecule has 0 bridgehead atoms. The third-order valence-corrected chi connectivity index (χ3v) is 3.93. The van der Waals surface area contributed by atoms with E-state index in [2.05, 4.69) is 5.32 Å². The molecule has 0 radical (unpaired) electrons. The molecule has 118 valence electrons. The molecule has 0 aliphatic heterocycles. The van der Waals surface area contributed by atoms with Gasteiger partial charge in [0.1, 0.15) is 11.3 Å². The van der Waals surface area contributed by atoms with Gasteiger partial charge in [-0.1, -0.05) is 6.07 Å². The average Bonchev–Trinajstić information content (AvgIpc) is 2.95. The lowest BCUT2D eigenvalue weighted by Gasteiger charge is -2.12. The topological polar surface area (TPSA) is 64.6 Å². The average molecular weight is 311 g/mol. The highest BCUT2D eigenvalue weighted by molar-refractivity contribution is 6.01. The molecule has 0 saturated heterocycles. The standard InChI is InChI=1S/C18H17NO4/c1-22-17-10-13(6-7-14(17)18(21)23-2)19-12-5-3-11-4-8-16(20)15(11)9-12/h3,5-7,9-10,19H,4,8H2,1-2H3. The first kappa shape index (κ1) is 15.1. The van der Waals surface area contributed by atoms with Gasteiger partial charge in [0, 0.05) is 29.4 Å². The summed E-state index contributed by atoms with van der Waals surface area (Å²) in [6, 6.07) is 10.9. The van der Waals surface area contributed by atoms with Crippen LogP contribution in [0.4, 0.5) is 11.4 Å². The van der Waals surface area contributed by atoms with Crippen LogP contribution in [0.2, 0.25) is 0 Å². The quantitative estimate of drug-likeness (QED) is 0.877. The Morgan fingerprint density at radius 3 is 2.52 bits per heavy atom. The summed E-state index contributed by atoms with van der Waals surface area (Å²) in [5, 5.41) is 3.23. The Hall–Kier alpha value is -2.82. The van der Waals surface area contributed by atoms with Gasteiger partial charge in [-0.15, -0.1) is 0 Å². The van der Waals surface area contributed by atoms with E-state index in [1.165, 1.54) is 14.2 Å². The number of methoxy groups -OCH3 is 2. The van der Waals surface area contributed by atoms with E-state index in [1.54, 1.807) is 18.2 Å². The third-order valence-electron chi connectivity index (χ3n) is 3.93. The lowest BCUT2D eigenvalue weighted by Crippen LogP contribution is -2.04. The van der Waals surface area contributed by atoms with E-state index in [-0.39, 0.29) is 5.78 Å². The summed E-state index contributed by atoms with van der Waals surface area (Å²) in [7, 11) is 2.83. The zero-order valence-corrected chi connectivity index (χ0v) is 13.0. The SMILES string of the molecule is COC(=O)c1ccc(Nc2ccc3c(c2)C(=O)CC3)cc1OC. The number of ether oxygens (including phenoxy) is 2. The molecule has 3 rings (SSSR count). The predicted molar refractivity (Wildman–Crippen MR) is 86.7 cm³/mol. The Balaban J connectivity index is 1.87. The largest absolute Gasteiger partial charge is 0.496 e. The van der Waals surface area contributed by atoms with Crippen molar-refractivity contribution in [2.75, 3.05) is 19.5 Å². The Labute approximate surface area is 134 Å². The van der Waals surface area contributed by atoms with Crippen molar-refractivity contribution in [2.45, 2.75) is 12.8 Å². The van der Waals surface area contributed by atoms with E-state index in [9.17, 15) is 9.59 Å². The predicted octanol–water partition coefficient (Wildman–Crippen LogP) is 3.35. The molecule has 0 saturated carbocycles. The summed E-state index contributed by atoms with van der Waals surface area (Å²) in [6.45, 7) is 0. The molecular weight excluding hydrogens is 294 g/mol. The van der Waals surface area contributed by atoms with Gasteiger partial charge in [0.15, 0.2) is 5.78 Å². The van der Waals surface area contributed by atoms with Gasteiger partial charge < -0.3 is 14.8 Å². The summed E-state index contributed by atoms with van der Waals surface area (Å²) >= 11 is 0. The summed E-state index contributed by atoms with van der Waals surface area (Å²) in [6.07, 6.45) is 1.40. The fourth-order valence-electron chi connectivity index (χ4n) is 2.73. The minimum Gasteiger partial charge on any atom is -0.496 e. The van der Waals surface area contributed by atoms with Crippen LogP contribution in [-0.4, -0.2) is 26.0 Å². The minimum atomic E-state index is -0.448. The van der Waals surface area contributed by atoms with Crippen LogP contribution in [0.1, 0.15) is 32.7 Å². The summed E-state index contributed by atoms with van der Waals surface area (Å²) in [5.74, 6) is 0.165. The van der Waals surface area contributed by atoms with E-state index in [4.69, 9.17) is 9.47 Å². The molecule has 5 nitrogen and oxygen atoms in total. The maximum atomic E-state index is 11.8. The van der Waals surface area contributed by atoms with Gasteiger partial charge in [-0.2, -0.15) is 0 Å². The maximum absolute atomic E-state index is 11.8. The fourth-order valence-corrected chi connectivity index (χ4v) is 2.73. The number of hydrogen-bond donors (Lipinski definition) is 1. The number of ketones is 1. The first-order chi connectivity index (χ1) is 11.1. The van der Waals surface area contributed by atoms with Crippen molar-refractivity contribution in [3.63, 3.8) is 0 Å². The highest BCUT2D eigenvalue weighted by atomic mass is 16.5.